The zero-order valence-corrected chi connectivity index (χ0v) is 15.6. The van der Waals surface area contributed by atoms with Gasteiger partial charge in [0.05, 0.1) is 23.7 Å². The molecule has 0 radical (unpaired) electrons. The summed E-state index contributed by atoms with van der Waals surface area (Å²) in [4.78, 5) is 34.7. The fourth-order valence-electron chi connectivity index (χ4n) is 2.28. The second-order valence-corrected chi connectivity index (χ2v) is 7.46. The molecule has 3 amide bonds. The van der Waals surface area contributed by atoms with Crippen LogP contribution in [-0.4, -0.2) is 70.1 Å². The Balaban J connectivity index is 1.93. The molecular weight excluding hydrogens is 378 g/mol. The minimum Gasteiger partial charge on any atom is -0.452 e. The number of rotatable bonds is 6. The van der Waals surface area contributed by atoms with Crippen molar-refractivity contribution in [1.29, 1.82) is 0 Å². The highest BCUT2D eigenvalue weighted by molar-refractivity contribution is 7.89. The molecule has 1 saturated heterocycles. The second kappa shape index (κ2) is 9.44. The molecule has 1 aromatic carbocycles. The van der Waals surface area contributed by atoms with Crippen molar-refractivity contribution in [2.75, 3.05) is 39.5 Å². The van der Waals surface area contributed by atoms with Crippen LogP contribution >= 0.6 is 0 Å². The molecule has 1 aromatic rings. The molecule has 1 fully saturated rings. The van der Waals surface area contributed by atoms with Gasteiger partial charge in [0, 0.05) is 19.6 Å². The van der Waals surface area contributed by atoms with Crippen LogP contribution in [0.15, 0.2) is 29.2 Å². The Labute approximate surface area is 156 Å². The highest BCUT2D eigenvalue weighted by Gasteiger charge is 2.26. The van der Waals surface area contributed by atoms with Crippen molar-refractivity contribution in [1.82, 2.24) is 14.9 Å². The number of carbonyl (C=O) groups excluding carboxylic acids is 3. The molecule has 2 N–H and O–H groups in total. The maximum Gasteiger partial charge on any atom is 0.338 e. The first-order valence-corrected chi connectivity index (χ1v) is 9.71. The quantitative estimate of drug-likeness (QED) is 0.629. The lowest BCUT2D eigenvalue weighted by molar-refractivity contribution is -0.123. The first kappa shape index (κ1) is 20.8. The summed E-state index contributed by atoms with van der Waals surface area (Å²) in [5.41, 5.74) is 0.0849. The summed E-state index contributed by atoms with van der Waals surface area (Å²) in [6.45, 7) is 2.61. The van der Waals surface area contributed by atoms with Gasteiger partial charge in [0.2, 0.25) is 10.0 Å². The van der Waals surface area contributed by atoms with Crippen LogP contribution in [0.4, 0.5) is 4.79 Å². The van der Waals surface area contributed by atoms with Gasteiger partial charge < -0.3 is 14.8 Å². The molecule has 11 heteroatoms. The number of nitrogens with zero attached hydrogens (tertiary/aromatic N) is 1. The van der Waals surface area contributed by atoms with Crippen molar-refractivity contribution in [3.63, 3.8) is 0 Å². The summed E-state index contributed by atoms with van der Waals surface area (Å²) in [6.07, 6.45) is 0. The maximum absolute atomic E-state index is 12.5. The molecule has 10 nitrogen and oxygen atoms in total. The van der Waals surface area contributed by atoms with Gasteiger partial charge in [-0.25, -0.2) is 18.0 Å². The number of imide groups is 1. The van der Waals surface area contributed by atoms with Crippen molar-refractivity contribution in [3.8, 4) is 0 Å². The van der Waals surface area contributed by atoms with E-state index in [4.69, 9.17) is 9.47 Å². The molecule has 1 aliphatic heterocycles. The highest BCUT2D eigenvalue weighted by Crippen LogP contribution is 2.18. The standard InChI is InChI=1S/C16H21N3O7S/c1-2-17-16(22)18-14(20)11-26-15(21)12-3-5-13(6-4-12)27(23,24)19-7-9-25-10-8-19/h3-6H,2,7-11H2,1H3,(H2,17,18,20,22). The Hall–Kier alpha value is -2.50. The Kier molecular flexibility index (Phi) is 7.28. The van der Waals surface area contributed by atoms with E-state index in [-0.39, 0.29) is 23.5 Å². The van der Waals surface area contributed by atoms with E-state index in [1.54, 1.807) is 6.92 Å². The fraction of sp³-hybridized carbons (Fsp3) is 0.438. The molecule has 0 aliphatic carbocycles. The van der Waals surface area contributed by atoms with E-state index in [0.29, 0.717) is 19.8 Å². The topological polar surface area (TPSA) is 131 Å². The van der Waals surface area contributed by atoms with Gasteiger partial charge in [-0.15, -0.1) is 0 Å². The van der Waals surface area contributed by atoms with Crippen LogP contribution in [0.25, 0.3) is 0 Å². The van der Waals surface area contributed by atoms with Gasteiger partial charge in [-0.2, -0.15) is 4.31 Å². The number of esters is 1. The van der Waals surface area contributed by atoms with E-state index in [1.165, 1.54) is 28.6 Å². The van der Waals surface area contributed by atoms with Crippen LogP contribution in [0.1, 0.15) is 17.3 Å². The van der Waals surface area contributed by atoms with Gasteiger partial charge in [0.15, 0.2) is 6.61 Å². The van der Waals surface area contributed by atoms with Crippen LogP contribution in [0.5, 0.6) is 0 Å². The van der Waals surface area contributed by atoms with E-state index in [2.05, 4.69) is 5.32 Å². The molecule has 0 spiro atoms. The van der Waals surface area contributed by atoms with Gasteiger partial charge in [0.1, 0.15) is 0 Å². The van der Waals surface area contributed by atoms with Gasteiger partial charge in [0.25, 0.3) is 5.91 Å². The van der Waals surface area contributed by atoms with Gasteiger partial charge in [-0.1, -0.05) is 0 Å². The van der Waals surface area contributed by atoms with Crippen LogP contribution in [0, 0.1) is 0 Å². The number of ether oxygens (including phenoxy) is 2. The molecule has 0 unspecified atom stereocenters. The van der Waals surface area contributed by atoms with Crippen molar-refractivity contribution in [3.05, 3.63) is 29.8 Å². The molecular formula is C16H21N3O7S. The zero-order valence-electron chi connectivity index (χ0n) is 14.8. The number of sulfonamides is 1. The number of morpholine rings is 1. The lowest BCUT2D eigenvalue weighted by atomic mass is 10.2. The normalized spacial score (nSPS) is 15.0. The number of amides is 3. The molecule has 1 aliphatic rings. The number of benzene rings is 1. The predicted octanol–water partition coefficient (Wildman–Crippen LogP) is -0.290. The molecule has 2 rings (SSSR count). The summed E-state index contributed by atoms with van der Waals surface area (Å²) in [5, 5.41) is 4.35. The molecule has 0 atom stereocenters. The molecule has 0 bridgehead atoms. The summed E-state index contributed by atoms with van der Waals surface area (Å²) in [7, 11) is -3.66. The summed E-state index contributed by atoms with van der Waals surface area (Å²) < 4.78 is 36.3. The Bertz CT molecular complexity index is 787. The second-order valence-electron chi connectivity index (χ2n) is 5.52. The van der Waals surface area contributed by atoms with Crippen molar-refractivity contribution in [2.45, 2.75) is 11.8 Å². The fourth-order valence-corrected chi connectivity index (χ4v) is 3.69. The minimum absolute atomic E-state index is 0.0509. The largest absolute Gasteiger partial charge is 0.452 e. The van der Waals surface area contributed by atoms with E-state index in [9.17, 15) is 22.8 Å². The predicted molar refractivity (Wildman–Crippen MR) is 93.5 cm³/mol. The molecule has 27 heavy (non-hydrogen) atoms. The highest BCUT2D eigenvalue weighted by atomic mass is 32.2. The minimum atomic E-state index is -3.66. The summed E-state index contributed by atoms with van der Waals surface area (Å²) in [6, 6.07) is 4.53. The zero-order chi connectivity index (χ0) is 19.9. The van der Waals surface area contributed by atoms with Gasteiger partial charge >= 0.3 is 12.0 Å². The van der Waals surface area contributed by atoms with Crippen LogP contribution in [-0.2, 0) is 24.3 Å². The van der Waals surface area contributed by atoms with E-state index >= 15 is 0 Å². The number of hydrogen-bond donors (Lipinski definition) is 2. The van der Waals surface area contributed by atoms with Crippen LogP contribution in [0.2, 0.25) is 0 Å². The Morgan fingerprint density at radius 3 is 2.37 bits per heavy atom. The Morgan fingerprint density at radius 2 is 1.78 bits per heavy atom. The third-order valence-electron chi connectivity index (χ3n) is 3.62. The van der Waals surface area contributed by atoms with E-state index in [1.807, 2.05) is 5.32 Å². The monoisotopic (exact) mass is 399 g/mol. The molecule has 148 valence electrons. The van der Waals surface area contributed by atoms with Crippen molar-refractivity contribution < 1.29 is 32.3 Å². The average molecular weight is 399 g/mol. The first-order chi connectivity index (χ1) is 12.8. The van der Waals surface area contributed by atoms with Crippen molar-refractivity contribution >= 4 is 27.9 Å². The van der Waals surface area contributed by atoms with Gasteiger partial charge in [-0.3, -0.25) is 10.1 Å². The molecule has 0 aromatic heterocycles. The summed E-state index contributed by atoms with van der Waals surface area (Å²) in [5.74, 6) is -1.59. The maximum atomic E-state index is 12.5. The number of carbonyl (C=O) groups is 3. The Morgan fingerprint density at radius 1 is 1.15 bits per heavy atom. The SMILES string of the molecule is CCNC(=O)NC(=O)COC(=O)c1ccc(S(=O)(=O)N2CCOCC2)cc1. The van der Waals surface area contributed by atoms with Crippen LogP contribution < -0.4 is 10.6 Å². The molecule has 0 saturated carbocycles. The van der Waals surface area contributed by atoms with E-state index < -0.39 is 34.5 Å². The smallest absolute Gasteiger partial charge is 0.338 e. The van der Waals surface area contributed by atoms with Gasteiger partial charge in [-0.05, 0) is 31.2 Å². The number of hydrogen-bond acceptors (Lipinski definition) is 7. The number of nitrogens with one attached hydrogen (secondary N) is 2. The lowest BCUT2D eigenvalue weighted by Crippen LogP contribution is -2.41. The third-order valence-corrected chi connectivity index (χ3v) is 5.54. The average Bonchev–Trinajstić information content (AvgIpc) is 2.67. The van der Waals surface area contributed by atoms with Crippen molar-refractivity contribution in [2.24, 2.45) is 0 Å². The lowest BCUT2D eigenvalue weighted by Gasteiger charge is -2.26. The first-order valence-electron chi connectivity index (χ1n) is 8.27. The molecule has 1 heterocycles. The van der Waals surface area contributed by atoms with Crippen LogP contribution in [0.3, 0.4) is 0 Å². The number of urea groups is 1. The van der Waals surface area contributed by atoms with E-state index in [0.717, 1.165) is 0 Å². The summed E-state index contributed by atoms with van der Waals surface area (Å²) >= 11 is 0. The third kappa shape index (κ3) is 5.74.